The number of halogens is 1. The first-order valence-corrected chi connectivity index (χ1v) is 12.1. The summed E-state index contributed by atoms with van der Waals surface area (Å²) in [6, 6.07) is 15.2. The fourth-order valence-corrected chi connectivity index (χ4v) is 5.20. The average molecular weight is 485 g/mol. The molecule has 0 saturated carbocycles. The lowest BCUT2D eigenvalue weighted by Gasteiger charge is -2.20. The van der Waals surface area contributed by atoms with Crippen LogP contribution in [-0.2, 0) is 17.0 Å². The summed E-state index contributed by atoms with van der Waals surface area (Å²) in [6.07, 6.45) is 0.827. The van der Waals surface area contributed by atoms with Gasteiger partial charge in [0.1, 0.15) is 0 Å². The number of rotatable bonds is 7. The molecule has 0 radical (unpaired) electrons. The second kappa shape index (κ2) is 9.72. The van der Waals surface area contributed by atoms with Gasteiger partial charge in [-0.05, 0) is 30.2 Å². The highest BCUT2D eigenvalue weighted by Gasteiger charge is 2.21. The van der Waals surface area contributed by atoms with E-state index in [0.29, 0.717) is 26.9 Å². The lowest BCUT2D eigenvalue weighted by Crippen LogP contribution is -2.23. The molecule has 0 fully saturated rings. The Kier molecular flexibility index (Phi) is 6.78. The number of hydrogen-bond donors (Lipinski definition) is 1. The van der Waals surface area contributed by atoms with Crippen LogP contribution in [0.15, 0.2) is 59.1 Å². The fourth-order valence-electron chi connectivity index (χ4n) is 3.24. The molecule has 4 aromatic rings. The predicted molar refractivity (Wildman–Crippen MR) is 131 cm³/mol. The van der Waals surface area contributed by atoms with E-state index in [1.54, 1.807) is 17.9 Å². The van der Waals surface area contributed by atoms with Crippen molar-refractivity contribution in [2.75, 3.05) is 10.7 Å². The van der Waals surface area contributed by atoms with Gasteiger partial charge in [0.2, 0.25) is 11.1 Å². The van der Waals surface area contributed by atoms with Crippen molar-refractivity contribution in [1.29, 1.82) is 0 Å². The Morgan fingerprint density at radius 3 is 2.69 bits per heavy atom. The average Bonchev–Trinajstić information content (AvgIpc) is 3.39. The number of aromatic nitrogens is 4. The van der Waals surface area contributed by atoms with Crippen molar-refractivity contribution >= 4 is 51.4 Å². The lowest BCUT2D eigenvalue weighted by atomic mass is 10.1. The molecule has 2 N–H and O–H groups in total. The zero-order valence-electron chi connectivity index (χ0n) is 17.5. The Balaban J connectivity index is 1.53. The molecule has 0 saturated heterocycles. The number of amides is 1. The molecular formula is C22H21ClN6OS2. The van der Waals surface area contributed by atoms with Crippen molar-refractivity contribution in [3.63, 3.8) is 0 Å². The molecule has 0 aliphatic rings. The Labute approximate surface area is 199 Å². The Morgan fingerprint density at radius 1 is 1.19 bits per heavy atom. The number of thiazole rings is 1. The highest BCUT2D eigenvalue weighted by molar-refractivity contribution is 7.98. The third-order valence-electron chi connectivity index (χ3n) is 4.79. The maximum absolute atomic E-state index is 12.4. The maximum Gasteiger partial charge on any atom is 0.230 e. The number of carbonyl (C=O) groups is 1. The van der Waals surface area contributed by atoms with Gasteiger partial charge in [-0.1, -0.05) is 60.6 Å². The first-order valence-electron chi connectivity index (χ1n) is 9.90. The van der Waals surface area contributed by atoms with E-state index in [9.17, 15) is 4.79 Å². The molecule has 4 rings (SSSR count). The summed E-state index contributed by atoms with van der Waals surface area (Å²) in [5.41, 5.74) is 3.51. The van der Waals surface area contributed by atoms with Crippen LogP contribution in [-0.4, -0.2) is 25.8 Å². The molecular weight excluding hydrogens is 464 g/mol. The number of nitrogen functional groups attached to an aromatic ring is 1. The van der Waals surface area contributed by atoms with Gasteiger partial charge in [-0.15, -0.1) is 21.5 Å². The molecule has 32 heavy (non-hydrogen) atoms. The van der Waals surface area contributed by atoms with Gasteiger partial charge in [-0.2, -0.15) is 0 Å². The number of carbonyl (C=O) groups excluding carboxylic acids is 1. The van der Waals surface area contributed by atoms with Crippen molar-refractivity contribution in [3.8, 4) is 11.4 Å². The summed E-state index contributed by atoms with van der Waals surface area (Å²) in [5, 5.41) is 12.1. The minimum Gasteiger partial charge on any atom is -0.335 e. The van der Waals surface area contributed by atoms with Crippen LogP contribution in [0.3, 0.4) is 0 Å². The summed E-state index contributed by atoms with van der Waals surface area (Å²) in [5.74, 6) is 7.17. The van der Waals surface area contributed by atoms with Crippen molar-refractivity contribution in [2.45, 2.75) is 31.2 Å². The molecule has 0 spiro atoms. The zero-order chi connectivity index (χ0) is 22.7. The molecule has 0 aliphatic heterocycles. The summed E-state index contributed by atoms with van der Waals surface area (Å²) < 4.78 is 1.43. The topological polar surface area (TPSA) is 89.9 Å². The SMILES string of the molecule is CCc1ccccc1N(C(C)=O)c1nc(CSc2nnc(-c3ccccc3Cl)n2N)cs1. The number of thioether (sulfide) groups is 1. The van der Waals surface area contributed by atoms with Gasteiger partial charge in [0.05, 0.1) is 16.4 Å². The molecule has 2 heterocycles. The van der Waals surface area contributed by atoms with E-state index in [1.165, 1.54) is 27.8 Å². The second-order valence-corrected chi connectivity index (χ2v) is 9.09. The smallest absolute Gasteiger partial charge is 0.230 e. The van der Waals surface area contributed by atoms with E-state index < -0.39 is 0 Å². The van der Waals surface area contributed by atoms with Crippen LogP contribution in [0.5, 0.6) is 0 Å². The number of nitrogens with two attached hydrogens (primary N) is 1. The zero-order valence-corrected chi connectivity index (χ0v) is 19.9. The third-order valence-corrected chi connectivity index (χ3v) is 6.97. The normalized spacial score (nSPS) is 11.0. The predicted octanol–water partition coefficient (Wildman–Crippen LogP) is 5.31. The molecule has 1 amide bonds. The van der Waals surface area contributed by atoms with Crippen LogP contribution in [0.4, 0.5) is 10.8 Å². The molecule has 2 aromatic carbocycles. The van der Waals surface area contributed by atoms with Crippen LogP contribution >= 0.6 is 34.7 Å². The summed E-state index contributed by atoms with van der Waals surface area (Å²) >= 11 is 9.11. The van der Waals surface area contributed by atoms with Crippen LogP contribution in [0.25, 0.3) is 11.4 Å². The number of benzene rings is 2. The van der Waals surface area contributed by atoms with E-state index >= 15 is 0 Å². The van der Waals surface area contributed by atoms with E-state index in [1.807, 2.05) is 47.8 Å². The van der Waals surface area contributed by atoms with Gasteiger partial charge in [0, 0.05) is 23.6 Å². The minimum atomic E-state index is -0.0782. The maximum atomic E-state index is 12.4. The lowest BCUT2D eigenvalue weighted by molar-refractivity contribution is -0.115. The molecule has 2 aromatic heterocycles. The second-order valence-electron chi connectivity index (χ2n) is 6.90. The van der Waals surface area contributed by atoms with Gasteiger partial charge in [-0.25, -0.2) is 9.66 Å². The summed E-state index contributed by atoms with van der Waals surface area (Å²) in [7, 11) is 0. The van der Waals surface area contributed by atoms with Gasteiger partial charge in [0.25, 0.3) is 0 Å². The molecule has 0 atom stereocenters. The van der Waals surface area contributed by atoms with Gasteiger partial charge < -0.3 is 5.84 Å². The Bertz CT molecular complexity index is 1250. The van der Waals surface area contributed by atoms with E-state index in [2.05, 4.69) is 17.1 Å². The van der Waals surface area contributed by atoms with Crippen molar-refractivity contribution in [2.24, 2.45) is 0 Å². The molecule has 0 bridgehead atoms. The standard InChI is InChI=1S/C22H21ClN6OS2/c1-3-15-8-4-7-11-19(15)28(14(2)30)21-25-16(12-31-21)13-32-22-27-26-20(29(22)24)17-9-5-6-10-18(17)23/h4-12H,3,13,24H2,1-2H3. The quantitative estimate of drug-likeness (QED) is 0.282. The largest absolute Gasteiger partial charge is 0.335 e. The van der Waals surface area contributed by atoms with E-state index in [0.717, 1.165) is 28.9 Å². The first-order chi connectivity index (χ1) is 15.5. The Morgan fingerprint density at radius 2 is 1.94 bits per heavy atom. The fraction of sp³-hybridized carbons (Fsp3) is 0.182. The first kappa shape index (κ1) is 22.3. The monoisotopic (exact) mass is 484 g/mol. The van der Waals surface area contributed by atoms with Gasteiger partial charge >= 0.3 is 0 Å². The molecule has 164 valence electrons. The van der Waals surface area contributed by atoms with Gasteiger partial charge in [0.15, 0.2) is 11.0 Å². The Hall–Kier alpha value is -2.88. The van der Waals surface area contributed by atoms with E-state index in [4.69, 9.17) is 22.4 Å². The minimum absolute atomic E-state index is 0.0782. The third kappa shape index (κ3) is 4.50. The number of hydrogen-bond acceptors (Lipinski definition) is 7. The molecule has 10 heteroatoms. The summed E-state index contributed by atoms with van der Waals surface area (Å²) in [6.45, 7) is 3.62. The van der Waals surface area contributed by atoms with Crippen molar-refractivity contribution in [1.82, 2.24) is 19.9 Å². The molecule has 0 aliphatic carbocycles. The van der Waals surface area contributed by atoms with Crippen LogP contribution in [0.2, 0.25) is 5.02 Å². The number of aryl methyl sites for hydroxylation is 1. The highest BCUT2D eigenvalue weighted by atomic mass is 35.5. The highest BCUT2D eigenvalue weighted by Crippen LogP contribution is 2.33. The van der Waals surface area contributed by atoms with Crippen LogP contribution in [0, 0.1) is 0 Å². The van der Waals surface area contributed by atoms with Crippen LogP contribution in [0.1, 0.15) is 25.1 Å². The summed E-state index contributed by atoms with van der Waals surface area (Å²) in [4.78, 5) is 18.8. The molecule has 0 unspecified atom stereocenters. The van der Waals surface area contributed by atoms with Gasteiger partial charge in [-0.3, -0.25) is 9.69 Å². The molecule has 7 nitrogen and oxygen atoms in total. The van der Waals surface area contributed by atoms with Crippen LogP contribution < -0.4 is 10.7 Å². The number of para-hydroxylation sites is 1. The van der Waals surface area contributed by atoms with Crippen molar-refractivity contribution < 1.29 is 4.79 Å². The number of anilines is 2. The van der Waals surface area contributed by atoms with E-state index in [-0.39, 0.29) is 5.91 Å². The van der Waals surface area contributed by atoms with Crippen molar-refractivity contribution in [3.05, 3.63) is 70.2 Å². The number of nitrogens with zero attached hydrogens (tertiary/aromatic N) is 5.